The summed E-state index contributed by atoms with van der Waals surface area (Å²) in [7, 11) is -3.62. The Morgan fingerprint density at radius 1 is 1.24 bits per heavy atom. The van der Waals surface area contributed by atoms with Gasteiger partial charge in [-0.05, 0) is 31.0 Å². The summed E-state index contributed by atoms with van der Waals surface area (Å²) in [6, 6.07) is 4.76. The molecule has 0 atom stereocenters. The Hall–Kier alpha value is -0.890. The molecular weight excluding hydrogens is 330 g/mol. The normalized spacial score (nSPS) is 17.2. The van der Waals surface area contributed by atoms with Gasteiger partial charge in [0.05, 0.1) is 5.69 Å². The minimum Gasteiger partial charge on any atom is -0.389 e. The van der Waals surface area contributed by atoms with Crippen LogP contribution in [0.3, 0.4) is 0 Å². The zero-order valence-corrected chi connectivity index (χ0v) is 13.9. The van der Waals surface area contributed by atoms with Crippen molar-refractivity contribution in [2.45, 2.75) is 25.7 Å². The number of thiocarbonyl (C=S) groups is 1. The molecule has 1 aliphatic rings. The van der Waals surface area contributed by atoms with Crippen molar-refractivity contribution in [1.29, 1.82) is 0 Å². The van der Waals surface area contributed by atoms with E-state index in [0.717, 1.165) is 25.7 Å². The molecule has 116 valence electrons. The lowest BCUT2D eigenvalue weighted by atomic mass is 10.2. The summed E-state index contributed by atoms with van der Waals surface area (Å²) in [6.45, 7) is 1.05. The molecule has 5 nitrogen and oxygen atoms in total. The second kappa shape index (κ2) is 6.91. The largest absolute Gasteiger partial charge is 0.389 e. The summed E-state index contributed by atoms with van der Waals surface area (Å²) in [6.07, 6.45) is 3.86. The van der Waals surface area contributed by atoms with E-state index in [0.29, 0.717) is 29.4 Å². The zero-order chi connectivity index (χ0) is 15.5. The fraction of sp³-hybridized carbons (Fsp3) is 0.462. The van der Waals surface area contributed by atoms with E-state index < -0.39 is 10.2 Å². The zero-order valence-electron chi connectivity index (χ0n) is 11.5. The number of nitrogens with one attached hydrogen (secondary N) is 1. The Bertz CT molecular complexity index is 626. The lowest BCUT2D eigenvalue weighted by Gasteiger charge is -2.21. The minimum absolute atomic E-state index is 0.125. The third kappa shape index (κ3) is 4.29. The third-order valence-electron chi connectivity index (χ3n) is 3.39. The number of nitrogens with two attached hydrogens (primary N) is 1. The van der Waals surface area contributed by atoms with Crippen molar-refractivity contribution in [2.24, 2.45) is 5.73 Å². The first-order valence-electron chi connectivity index (χ1n) is 6.77. The van der Waals surface area contributed by atoms with Crippen molar-refractivity contribution in [3.63, 3.8) is 0 Å². The molecule has 8 heteroatoms. The molecule has 1 aliphatic heterocycles. The Kier molecular flexibility index (Phi) is 5.43. The van der Waals surface area contributed by atoms with Gasteiger partial charge in [-0.1, -0.05) is 36.7 Å². The Morgan fingerprint density at radius 2 is 1.86 bits per heavy atom. The van der Waals surface area contributed by atoms with Crippen molar-refractivity contribution in [3.05, 3.63) is 28.8 Å². The highest BCUT2D eigenvalue weighted by Crippen LogP contribution is 2.24. The topological polar surface area (TPSA) is 75.4 Å². The van der Waals surface area contributed by atoms with Gasteiger partial charge in [-0.15, -0.1) is 0 Å². The number of rotatable bonds is 4. The number of benzene rings is 1. The molecule has 1 aromatic carbocycles. The molecule has 0 spiro atoms. The number of nitrogens with zero attached hydrogens (tertiary/aromatic N) is 1. The van der Waals surface area contributed by atoms with Crippen LogP contribution in [0.2, 0.25) is 5.02 Å². The third-order valence-corrected chi connectivity index (χ3v) is 5.37. The van der Waals surface area contributed by atoms with Gasteiger partial charge in [0.2, 0.25) is 0 Å². The lowest BCUT2D eigenvalue weighted by molar-refractivity contribution is 0.427. The van der Waals surface area contributed by atoms with Gasteiger partial charge in [0, 0.05) is 23.7 Å². The highest BCUT2D eigenvalue weighted by atomic mass is 35.5. The van der Waals surface area contributed by atoms with E-state index >= 15 is 0 Å². The first-order chi connectivity index (χ1) is 9.90. The summed E-state index contributed by atoms with van der Waals surface area (Å²) in [5.74, 6) is 0. The van der Waals surface area contributed by atoms with Crippen LogP contribution in [-0.4, -0.2) is 30.8 Å². The minimum atomic E-state index is -3.62. The summed E-state index contributed by atoms with van der Waals surface area (Å²) in [4.78, 5) is 0.125. The van der Waals surface area contributed by atoms with Crippen LogP contribution in [0.15, 0.2) is 18.2 Å². The van der Waals surface area contributed by atoms with Gasteiger partial charge in [-0.25, -0.2) is 0 Å². The van der Waals surface area contributed by atoms with E-state index in [1.165, 1.54) is 10.4 Å². The molecule has 1 fully saturated rings. The van der Waals surface area contributed by atoms with E-state index in [1.54, 1.807) is 12.1 Å². The van der Waals surface area contributed by atoms with Gasteiger partial charge < -0.3 is 5.73 Å². The van der Waals surface area contributed by atoms with Crippen LogP contribution in [0.5, 0.6) is 0 Å². The summed E-state index contributed by atoms with van der Waals surface area (Å²) in [5, 5.41) is 0.420. The van der Waals surface area contributed by atoms with Gasteiger partial charge in [-0.2, -0.15) is 12.7 Å². The molecule has 1 saturated heterocycles. The maximum absolute atomic E-state index is 12.5. The fourth-order valence-electron chi connectivity index (χ4n) is 2.30. The SMILES string of the molecule is NC(=S)c1ccc(Cl)cc1NS(=O)(=O)N1CCCCCC1. The molecule has 0 unspecified atom stereocenters. The van der Waals surface area contributed by atoms with E-state index in [1.807, 2.05) is 0 Å². The summed E-state index contributed by atoms with van der Waals surface area (Å²) >= 11 is 10.9. The van der Waals surface area contributed by atoms with Crippen LogP contribution in [0.4, 0.5) is 5.69 Å². The first kappa shape index (κ1) is 16.5. The van der Waals surface area contributed by atoms with Gasteiger partial charge in [0.15, 0.2) is 0 Å². The van der Waals surface area contributed by atoms with Crippen LogP contribution in [0.1, 0.15) is 31.2 Å². The average Bonchev–Trinajstić information content (AvgIpc) is 2.67. The molecule has 3 N–H and O–H groups in total. The van der Waals surface area contributed by atoms with E-state index in [2.05, 4.69) is 4.72 Å². The number of halogens is 1. The highest BCUT2D eigenvalue weighted by molar-refractivity contribution is 7.90. The smallest absolute Gasteiger partial charge is 0.301 e. The standard InChI is InChI=1S/C13H18ClN3O2S2/c14-10-5-6-11(13(15)20)12(9-10)16-21(18,19)17-7-3-1-2-4-8-17/h5-6,9,16H,1-4,7-8H2,(H2,15,20). The maximum atomic E-state index is 12.5. The van der Waals surface area contributed by atoms with Gasteiger partial charge in [-0.3, -0.25) is 4.72 Å². The Balaban J connectivity index is 2.27. The molecule has 21 heavy (non-hydrogen) atoms. The van der Waals surface area contributed by atoms with Crippen molar-refractivity contribution < 1.29 is 8.42 Å². The molecular formula is C13H18ClN3O2S2. The van der Waals surface area contributed by atoms with E-state index in [9.17, 15) is 8.42 Å². The van der Waals surface area contributed by atoms with Crippen molar-refractivity contribution in [1.82, 2.24) is 4.31 Å². The van der Waals surface area contributed by atoms with Crippen LogP contribution >= 0.6 is 23.8 Å². The Morgan fingerprint density at radius 3 is 2.43 bits per heavy atom. The lowest BCUT2D eigenvalue weighted by Crippen LogP contribution is -2.37. The molecule has 1 heterocycles. The fourth-order valence-corrected chi connectivity index (χ4v) is 3.97. The maximum Gasteiger partial charge on any atom is 0.301 e. The molecule has 0 aromatic heterocycles. The van der Waals surface area contributed by atoms with Crippen molar-refractivity contribution in [3.8, 4) is 0 Å². The molecule has 0 saturated carbocycles. The molecule has 0 aliphatic carbocycles. The van der Waals surface area contributed by atoms with Crippen LogP contribution in [0, 0.1) is 0 Å². The summed E-state index contributed by atoms with van der Waals surface area (Å²) in [5.41, 5.74) is 6.41. The van der Waals surface area contributed by atoms with Gasteiger partial charge in [0.25, 0.3) is 0 Å². The van der Waals surface area contributed by atoms with Crippen LogP contribution in [0.25, 0.3) is 0 Å². The first-order valence-corrected chi connectivity index (χ1v) is 9.00. The van der Waals surface area contributed by atoms with Crippen LogP contribution < -0.4 is 10.5 Å². The van der Waals surface area contributed by atoms with Crippen molar-refractivity contribution >= 4 is 44.7 Å². The Labute approximate surface area is 135 Å². The van der Waals surface area contributed by atoms with E-state index in [-0.39, 0.29) is 4.99 Å². The predicted octanol–water partition coefficient (Wildman–Crippen LogP) is 2.51. The quantitative estimate of drug-likeness (QED) is 0.820. The molecule has 1 aromatic rings. The average molecular weight is 348 g/mol. The number of hydrogen-bond acceptors (Lipinski definition) is 3. The van der Waals surface area contributed by atoms with E-state index in [4.69, 9.17) is 29.6 Å². The van der Waals surface area contributed by atoms with Gasteiger partial charge >= 0.3 is 10.2 Å². The second-order valence-electron chi connectivity index (χ2n) is 4.97. The second-order valence-corrected chi connectivity index (χ2v) is 7.52. The predicted molar refractivity (Wildman–Crippen MR) is 89.9 cm³/mol. The molecule has 0 bridgehead atoms. The molecule has 0 amide bonds. The number of hydrogen-bond donors (Lipinski definition) is 2. The molecule has 2 rings (SSSR count). The number of anilines is 1. The van der Waals surface area contributed by atoms with Gasteiger partial charge in [0.1, 0.15) is 4.99 Å². The highest BCUT2D eigenvalue weighted by Gasteiger charge is 2.24. The monoisotopic (exact) mass is 347 g/mol. The summed E-state index contributed by atoms with van der Waals surface area (Å²) < 4.78 is 29.0. The molecule has 0 radical (unpaired) electrons. The van der Waals surface area contributed by atoms with Crippen molar-refractivity contribution in [2.75, 3.05) is 17.8 Å². The van der Waals surface area contributed by atoms with Crippen LogP contribution in [-0.2, 0) is 10.2 Å².